The highest BCUT2D eigenvalue weighted by atomic mass is 79.9. The van der Waals surface area contributed by atoms with E-state index in [1.54, 1.807) is 12.1 Å². The third-order valence-electron chi connectivity index (χ3n) is 1.95. The number of carboxylic acids is 1. The first kappa shape index (κ1) is 10.7. The van der Waals surface area contributed by atoms with Gasteiger partial charge in [0.1, 0.15) is 0 Å². The number of carbonyl (C=O) groups is 1. The van der Waals surface area contributed by atoms with Crippen LogP contribution in [0.3, 0.4) is 0 Å². The van der Waals surface area contributed by atoms with Gasteiger partial charge in [-0.15, -0.1) is 0 Å². The summed E-state index contributed by atoms with van der Waals surface area (Å²) in [5.41, 5.74) is 1.19. The van der Waals surface area contributed by atoms with Crippen LogP contribution in [-0.2, 0) is 6.42 Å². The summed E-state index contributed by atoms with van der Waals surface area (Å²) in [6.07, 6.45) is 0.532. The van der Waals surface area contributed by atoms with E-state index in [0.29, 0.717) is 22.0 Å². The number of nitrogens with zero attached hydrogens (tertiary/aromatic N) is 1. The number of benzene rings is 1. The lowest BCUT2D eigenvalue weighted by atomic mass is 10.00. The third-order valence-corrected chi connectivity index (χ3v) is 2.61. The molecule has 4 heteroatoms. The monoisotopic (exact) mass is 253 g/mol. The fourth-order valence-corrected chi connectivity index (χ4v) is 1.86. The first-order valence-electron chi connectivity index (χ1n) is 4.06. The summed E-state index contributed by atoms with van der Waals surface area (Å²) in [5, 5.41) is 17.7. The Kier molecular flexibility index (Phi) is 3.26. The highest BCUT2D eigenvalue weighted by Crippen LogP contribution is 2.24. The second-order valence-corrected chi connectivity index (χ2v) is 3.57. The summed E-state index contributed by atoms with van der Waals surface area (Å²) in [6, 6.07) is 5.19. The molecule has 0 amide bonds. The lowest BCUT2D eigenvalue weighted by Crippen LogP contribution is -2.05. The molecular formula is C10H8BrNO2. The third kappa shape index (κ3) is 1.78. The van der Waals surface area contributed by atoms with Crippen molar-refractivity contribution in [3.05, 3.63) is 33.3 Å². The van der Waals surface area contributed by atoms with Gasteiger partial charge in [0.2, 0.25) is 0 Å². The highest BCUT2D eigenvalue weighted by molar-refractivity contribution is 9.10. The van der Waals surface area contributed by atoms with Crippen LogP contribution >= 0.6 is 15.9 Å². The molecule has 14 heavy (non-hydrogen) atoms. The fourth-order valence-electron chi connectivity index (χ4n) is 1.32. The molecule has 1 rings (SSSR count). The number of hydrogen-bond acceptors (Lipinski definition) is 2. The van der Waals surface area contributed by atoms with Crippen LogP contribution < -0.4 is 0 Å². The van der Waals surface area contributed by atoms with Gasteiger partial charge in [-0.2, -0.15) is 5.26 Å². The minimum absolute atomic E-state index is 0.187. The number of rotatable bonds is 2. The van der Waals surface area contributed by atoms with Gasteiger partial charge in [-0.1, -0.05) is 6.92 Å². The first-order chi connectivity index (χ1) is 6.61. The highest BCUT2D eigenvalue weighted by Gasteiger charge is 2.16. The molecule has 0 atom stereocenters. The molecule has 0 saturated carbocycles. The van der Waals surface area contributed by atoms with Gasteiger partial charge in [-0.3, -0.25) is 0 Å². The molecule has 3 nitrogen and oxygen atoms in total. The number of carboxylic acid groups (broad SMARTS) is 1. The predicted octanol–water partition coefficient (Wildman–Crippen LogP) is 2.58. The van der Waals surface area contributed by atoms with Crippen molar-refractivity contribution in [2.75, 3.05) is 0 Å². The molecule has 0 fully saturated rings. The van der Waals surface area contributed by atoms with Gasteiger partial charge < -0.3 is 5.11 Å². The summed E-state index contributed by atoms with van der Waals surface area (Å²) < 4.78 is 0.515. The van der Waals surface area contributed by atoms with E-state index in [4.69, 9.17) is 10.4 Å². The van der Waals surface area contributed by atoms with Gasteiger partial charge in [-0.05, 0) is 40.0 Å². The number of halogens is 1. The van der Waals surface area contributed by atoms with Crippen molar-refractivity contribution >= 4 is 21.9 Å². The van der Waals surface area contributed by atoms with Crippen LogP contribution in [0.2, 0.25) is 0 Å². The second kappa shape index (κ2) is 4.25. The van der Waals surface area contributed by atoms with Crippen molar-refractivity contribution in [1.29, 1.82) is 5.26 Å². The molecule has 1 aromatic rings. The van der Waals surface area contributed by atoms with E-state index in [1.807, 2.05) is 13.0 Å². The van der Waals surface area contributed by atoms with E-state index < -0.39 is 5.97 Å². The van der Waals surface area contributed by atoms with E-state index in [9.17, 15) is 4.79 Å². The standard InChI is InChI=1S/C10H8BrNO2/c1-2-7-6(5-12)3-4-8(11)9(7)10(13)14/h3-4H,2H2,1H3,(H,13,14). The Morgan fingerprint density at radius 3 is 2.71 bits per heavy atom. The maximum Gasteiger partial charge on any atom is 0.337 e. The van der Waals surface area contributed by atoms with Gasteiger partial charge in [0.05, 0.1) is 17.2 Å². The molecule has 0 saturated heterocycles. The van der Waals surface area contributed by atoms with Crippen molar-refractivity contribution in [2.45, 2.75) is 13.3 Å². The van der Waals surface area contributed by atoms with E-state index >= 15 is 0 Å². The molecule has 0 bridgehead atoms. The van der Waals surface area contributed by atoms with E-state index in [0.717, 1.165) is 0 Å². The Balaban J connectivity index is 3.53. The van der Waals surface area contributed by atoms with E-state index in [1.165, 1.54) is 0 Å². The molecule has 0 aliphatic rings. The van der Waals surface area contributed by atoms with Crippen LogP contribution in [0.4, 0.5) is 0 Å². The second-order valence-electron chi connectivity index (χ2n) is 2.72. The Hall–Kier alpha value is -1.34. The van der Waals surface area contributed by atoms with Crippen LogP contribution in [0.15, 0.2) is 16.6 Å². The predicted molar refractivity (Wildman–Crippen MR) is 55.2 cm³/mol. The van der Waals surface area contributed by atoms with Crippen LogP contribution in [0.25, 0.3) is 0 Å². The van der Waals surface area contributed by atoms with Crippen molar-refractivity contribution in [1.82, 2.24) is 0 Å². The molecule has 72 valence electrons. The van der Waals surface area contributed by atoms with E-state index in [2.05, 4.69) is 15.9 Å². The van der Waals surface area contributed by atoms with Crippen molar-refractivity contribution in [2.24, 2.45) is 0 Å². The maximum atomic E-state index is 10.9. The zero-order valence-corrected chi connectivity index (χ0v) is 9.13. The molecule has 0 spiro atoms. The summed E-state index contributed by atoms with van der Waals surface area (Å²) in [5.74, 6) is -1.01. The number of aromatic carboxylic acids is 1. The van der Waals surface area contributed by atoms with Gasteiger partial charge >= 0.3 is 5.97 Å². The van der Waals surface area contributed by atoms with Crippen LogP contribution in [0.5, 0.6) is 0 Å². The molecule has 0 heterocycles. The SMILES string of the molecule is CCc1c(C#N)ccc(Br)c1C(=O)O. The lowest BCUT2D eigenvalue weighted by molar-refractivity contribution is 0.0694. The van der Waals surface area contributed by atoms with Crippen LogP contribution in [0.1, 0.15) is 28.4 Å². The molecule has 0 aliphatic heterocycles. The lowest BCUT2D eigenvalue weighted by Gasteiger charge is -2.07. The Morgan fingerprint density at radius 1 is 1.64 bits per heavy atom. The number of hydrogen-bond donors (Lipinski definition) is 1. The van der Waals surface area contributed by atoms with Crippen molar-refractivity contribution in [3.8, 4) is 6.07 Å². The molecule has 1 N–H and O–H groups in total. The van der Waals surface area contributed by atoms with Crippen molar-refractivity contribution < 1.29 is 9.90 Å². The van der Waals surface area contributed by atoms with Crippen molar-refractivity contribution in [3.63, 3.8) is 0 Å². The molecule has 0 unspecified atom stereocenters. The first-order valence-corrected chi connectivity index (χ1v) is 4.85. The van der Waals surface area contributed by atoms with Gasteiger partial charge in [-0.25, -0.2) is 4.79 Å². The largest absolute Gasteiger partial charge is 0.478 e. The zero-order chi connectivity index (χ0) is 10.7. The van der Waals surface area contributed by atoms with Gasteiger partial charge in [0.15, 0.2) is 0 Å². The molecule has 0 radical (unpaired) electrons. The van der Waals surface area contributed by atoms with Gasteiger partial charge in [0, 0.05) is 4.47 Å². The minimum atomic E-state index is -1.01. The molecule has 0 aromatic heterocycles. The fraction of sp³-hybridized carbons (Fsp3) is 0.200. The quantitative estimate of drug-likeness (QED) is 0.882. The minimum Gasteiger partial charge on any atom is -0.478 e. The topological polar surface area (TPSA) is 61.1 Å². The molecule has 0 aliphatic carbocycles. The molecule has 1 aromatic carbocycles. The summed E-state index contributed by atoms with van der Waals surface area (Å²) in [7, 11) is 0. The Bertz CT molecular complexity index is 421. The Morgan fingerprint density at radius 2 is 2.29 bits per heavy atom. The van der Waals surface area contributed by atoms with Gasteiger partial charge in [0.25, 0.3) is 0 Å². The summed E-state index contributed by atoms with van der Waals surface area (Å²) in [4.78, 5) is 10.9. The zero-order valence-electron chi connectivity index (χ0n) is 7.54. The molecular weight excluding hydrogens is 246 g/mol. The normalized spacial score (nSPS) is 9.50. The Labute approximate surface area is 90.1 Å². The smallest absolute Gasteiger partial charge is 0.337 e. The van der Waals surface area contributed by atoms with Crippen LogP contribution in [-0.4, -0.2) is 11.1 Å². The summed E-state index contributed by atoms with van der Waals surface area (Å²) in [6.45, 7) is 1.83. The summed E-state index contributed by atoms with van der Waals surface area (Å²) >= 11 is 3.16. The average molecular weight is 254 g/mol. The van der Waals surface area contributed by atoms with Crippen LogP contribution in [0, 0.1) is 11.3 Å². The average Bonchev–Trinajstić information content (AvgIpc) is 2.16. The van der Waals surface area contributed by atoms with E-state index in [-0.39, 0.29) is 5.56 Å². The number of nitriles is 1. The maximum absolute atomic E-state index is 10.9.